The number of amides is 1. The maximum Gasteiger partial charge on any atom is 0.308 e. The van der Waals surface area contributed by atoms with Crippen molar-refractivity contribution in [3.05, 3.63) is 17.8 Å². The molecule has 1 aromatic rings. The zero-order chi connectivity index (χ0) is 13.3. The van der Waals surface area contributed by atoms with E-state index in [0.29, 0.717) is 18.9 Å². The summed E-state index contributed by atoms with van der Waals surface area (Å²) in [5.74, 6) is -1.21. The minimum absolute atomic E-state index is 0.0557. The second kappa shape index (κ2) is 4.59. The molecule has 0 radical (unpaired) electrons. The van der Waals surface area contributed by atoms with Gasteiger partial charge in [-0.05, 0) is 18.1 Å². The molecule has 0 spiro atoms. The molecule has 2 heterocycles. The predicted octanol–water partition coefficient (Wildman–Crippen LogP) is -0.268. The number of hydrogen-bond acceptors (Lipinski definition) is 5. The minimum atomic E-state index is -0.799. The zero-order valence-corrected chi connectivity index (χ0v) is 9.91. The summed E-state index contributed by atoms with van der Waals surface area (Å²) in [6.45, 7) is 2.91. The Balaban J connectivity index is 2.14. The van der Waals surface area contributed by atoms with E-state index in [0.717, 1.165) is 0 Å². The van der Waals surface area contributed by atoms with Crippen molar-refractivity contribution >= 4 is 17.7 Å². The van der Waals surface area contributed by atoms with E-state index < -0.39 is 17.8 Å². The van der Waals surface area contributed by atoms with Crippen molar-refractivity contribution in [2.45, 2.75) is 6.92 Å². The van der Waals surface area contributed by atoms with Crippen molar-refractivity contribution in [2.75, 3.05) is 18.0 Å². The number of nitrogens with zero attached hydrogens (tertiary/aromatic N) is 3. The molecule has 0 aliphatic carbocycles. The monoisotopic (exact) mass is 250 g/mol. The number of primary amides is 1. The lowest BCUT2D eigenvalue weighted by molar-refractivity contribution is -0.142. The van der Waals surface area contributed by atoms with Crippen LogP contribution in [0.2, 0.25) is 0 Å². The lowest BCUT2D eigenvalue weighted by Gasteiger charge is -2.15. The Kier molecular flexibility index (Phi) is 3.14. The van der Waals surface area contributed by atoms with Crippen LogP contribution in [0.1, 0.15) is 17.4 Å². The van der Waals surface area contributed by atoms with Gasteiger partial charge in [-0.15, -0.1) is 10.2 Å². The van der Waals surface area contributed by atoms with Crippen LogP contribution < -0.4 is 10.6 Å². The molecule has 7 nitrogen and oxygen atoms in total. The van der Waals surface area contributed by atoms with Crippen molar-refractivity contribution in [1.29, 1.82) is 0 Å². The standard InChI is InChI=1S/C11H14N4O3/c1-6-4-15(5-7(6)11(17)18)9-3-2-8(10(12)16)13-14-9/h2-3,6-7H,4-5H2,1H3,(H2,12,16)(H,17,18). The highest BCUT2D eigenvalue weighted by Gasteiger charge is 2.35. The van der Waals surface area contributed by atoms with E-state index in [1.54, 1.807) is 6.07 Å². The third-order valence-electron chi connectivity index (χ3n) is 3.16. The number of rotatable bonds is 3. The van der Waals surface area contributed by atoms with Crippen LogP contribution >= 0.6 is 0 Å². The van der Waals surface area contributed by atoms with Crippen molar-refractivity contribution in [2.24, 2.45) is 17.6 Å². The Morgan fingerprint density at radius 3 is 2.56 bits per heavy atom. The average Bonchev–Trinajstić information content (AvgIpc) is 2.71. The molecule has 0 saturated carbocycles. The highest BCUT2D eigenvalue weighted by molar-refractivity contribution is 5.90. The highest BCUT2D eigenvalue weighted by atomic mass is 16.4. The molecule has 3 N–H and O–H groups in total. The van der Waals surface area contributed by atoms with Crippen molar-refractivity contribution < 1.29 is 14.7 Å². The van der Waals surface area contributed by atoms with Gasteiger partial charge in [-0.1, -0.05) is 6.92 Å². The number of carbonyl (C=O) groups excluding carboxylic acids is 1. The first kappa shape index (κ1) is 12.3. The van der Waals surface area contributed by atoms with Crippen LogP contribution in [-0.2, 0) is 4.79 Å². The second-order valence-corrected chi connectivity index (χ2v) is 4.47. The fourth-order valence-electron chi connectivity index (χ4n) is 2.10. The summed E-state index contributed by atoms with van der Waals surface area (Å²) in [6.07, 6.45) is 0. The second-order valence-electron chi connectivity index (χ2n) is 4.47. The first-order chi connectivity index (χ1) is 8.49. The summed E-state index contributed by atoms with van der Waals surface area (Å²) < 4.78 is 0. The fourth-order valence-corrected chi connectivity index (χ4v) is 2.10. The Hall–Kier alpha value is -2.18. The van der Waals surface area contributed by atoms with E-state index >= 15 is 0 Å². The van der Waals surface area contributed by atoms with E-state index in [1.807, 2.05) is 11.8 Å². The van der Waals surface area contributed by atoms with Crippen molar-refractivity contribution in [3.63, 3.8) is 0 Å². The van der Waals surface area contributed by atoms with Crippen molar-refractivity contribution in [1.82, 2.24) is 10.2 Å². The predicted molar refractivity (Wildman–Crippen MR) is 63.1 cm³/mol. The Morgan fingerprint density at radius 2 is 2.11 bits per heavy atom. The Morgan fingerprint density at radius 1 is 1.39 bits per heavy atom. The van der Waals surface area contributed by atoms with Gasteiger partial charge in [0.2, 0.25) is 0 Å². The van der Waals surface area contributed by atoms with E-state index in [4.69, 9.17) is 10.8 Å². The van der Waals surface area contributed by atoms with Gasteiger partial charge in [-0.25, -0.2) is 0 Å². The smallest absolute Gasteiger partial charge is 0.308 e. The molecule has 0 aromatic carbocycles. The molecule has 2 atom stereocenters. The number of carbonyl (C=O) groups is 2. The van der Waals surface area contributed by atoms with E-state index in [-0.39, 0.29) is 11.6 Å². The van der Waals surface area contributed by atoms with Gasteiger partial charge in [0, 0.05) is 13.1 Å². The summed E-state index contributed by atoms with van der Waals surface area (Å²) in [5.41, 5.74) is 5.17. The van der Waals surface area contributed by atoms with Crippen LogP contribution in [-0.4, -0.2) is 40.3 Å². The lowest BCUT2D eigenvalue weighted by Crippen LogP contribution is -2.24. The van der Waals surface area contributed by atoms with Crippen molar-refractivity contribution in [3.8, 4) is 0 Å². The van der Waals surface area contributed by atoms with Crippen LogP contribution in [0, 0.1) is 11.8 Å². The summed E-state index contributed by atoms with van der Waals surface area (Å²) >= 11 is 0. The van der Waals surface area contributed by atoms with E-state index in [9.17, 15) is 9.59 Å². The molecule has 1 amide bonds. The van der Waals surface area contributed by atoms with Crippen LogP contribution in [0.15, 0.2) is 12.1 Å². The number of aliphatic carboxylic acids is 1. The third kappa shape index (κ3) is 2.24. The van der Waals surface area contributed by atoms with Gasteiger partial charge in [-0.3, -0.25) is 9.59 Å². The number of carboxylic acid groups (broad SMARTS) is 1. The molecule has 1 aromatic heterocycles. The fraction of sp³-hybridized carbons (Fsp3) is 0.455. The molecule has 96 valence electrons. The van der Waals surface area contributed by atoms with Gasteiger partial charge in [0.25, 0.3) is 5.91 Å². The molecule has 0 bridgehead atoms. The van der Waals surface area contributed by atoms with Gasteiger partial charge >= 0.3 is 5.97 Å². The number of hydrogen-bond donors (Lipinski definition) is 2. The van der Waals surface area contributed by atoms with Crippen LogP contribution in [0.5, 0.6) is 0 Å². The van der Waals surface area contributed by atoms with Gasteiger partial charge < -0.3 is 15.7 Å². The SMILES string of the molecule is CC1CN(c2ccc(C(N)=O)nn2)CC1C(=O)O. The normalized spacial score (nSPS) is 23.1. The molecular weight excluding hydrogens is 236 g/mol. The summed E-state index contributed by atoms with van der Waals surface area (Å²) in [6, 6.07) is 3.12. The number of nitrogens with two attached hydrogens (primary N) is 1. The summed E-state index contributed by atoms with van der Waals surface area (Å²) in [5, 5.41) is 16.6. The maximum absolute atomic E-state index is 11.0. The minimum Gasteiger partial charge on any atom is -0.481 e. The average molecular weight is 250 g/mol. The summed E-state index contributed by atoms with van der Waals surface area (Å²) in [7, 11) is 0. The van der Waals surface area contributed by atoms with Gasteiger partial charge in [-0.2, -0.15) is 0 Å². The molecule has 2 rings (SSSR count). The van der Waals surface area contributed by atoms with Gasteiger partial charge in [0.05, 0.1) is 5.92 Å². The van der Waals surface area contributed by atoms with Gasteiger partial charge in [0.15, 0.2) is 11.5 Å². The molecule has 1 fully saturated rings. The topological polar surface area (TPSA) is 109 Å². The lowest BCUT2D eigenvalue weighted by atomic mass is 9.99. The number of carboxylic acids is 1. The van der Waals surface area contributed by atoms with Crippen LogP contribution in [0.4, 0.5) is 5.82 Å². The first-order valence-corrected chi connectivity index (χ1v) is 5.60. The largest absolute Gasteiger partial charge is 0.481 e. The third-order valence-corrected chi connectivity index (χ3v) is 3.16. The molecule has 1 saturated heterocycles. The highest BCUT2D eigenvalue weighted by Crippen LogP contribution is 2.26. The summed E-state index contributed by atoms with van der Waals surface area (Å²) in [4.78, 5) is 23.7. The molecule has 7 heteroatoms. The molecule has 1 aliphatic heterocycles. The van der Waals surface area contributed by atoms with Crippen LogP contribution in [0.3, 0.4) is 0 Å². The maximum atomic E-state index is 11.0. The van der Waals surface area contributed by atoms with Crippen LogP contribution in [0.25, 0.3) is 0 Å². The van der Waals surface area contributed by atoms with E-state index in [2.05, 4.69) is 10.2 Å². The first-order valence-electron chi connectivity index (χ1n) is 5.60. The molecule has 2 unspecified atom stereocenters. The molecular formula is C11H14N4O3. The Bertz CT molecular complexity index is 474. The molecule has 18 heavy (non-hydrogen) atoms. The molecule has 1 aliphatic rings. The van der Waals surface area contributed by atoms with Gasteiger partial charge in [0.1, 0.15) is 0 Å². The quantitative estimate of drug-likeness (QED) is 0.764. The van der Waals surface area contributed by atoms with E-state index in [1.165, 1.54) is 6.07 Å². The number of aromatic nitrogens is 2. The number of anilines is 1. The zero-order valence-electron chi connectivity index (χ0n) is 9.91. The Labute approximate surface area is 104 Å².